The molecule has 1 N–H and O–H groups in total. The summed E-state index contributed by atoms with van der Waals surface area (Å²) in [5.41, 5.74) is 2.22. The third-order valence-corrected chi connectivity index (χ3v) is 4.50. The third kappa shape index (κ3) is 4.92. The van der Waals surface area contributed by atoms with Crippen molar-refractivity contribution in [2.45, 2.75) is 20.5 Å². The molecule has 2 aromatic heterocycles. The van der Waals surface area contributed by atoms with E-state index in [9.17, 15) is 9.59 Å². The number of hydrogen-bond donors (Lipinski definition) is 1. The average molecular weight is 419 g/mol. The van der Waals surface area contributed by atoms with Crippen LogP contribution in [0.25, 0.3) is 5.65 Å². The first-order chi connectivity index (χ1) is 15.0. The number of ether oxygens (including phenoxy) is 2. The second-order valence-electron chi connectivity index (χ2n) is 7.00. The van der Waals surface area contributed by atoms with Crippen LogP contribution in [-0.4, -0.2) is 22.1 Å². The minimum absolute atomic E-state index is 0.0831. The number of aryl methyl sites for hydroxylation is 2. The van der Waals surface area contributed by atoms with Crippen LogP contribution >= 0.6 is 0 Å². The Labute approximate surface area is 178 Å². The van der Waals surface area contributed by atoms with Gasteiger partial charge >= 0.3 is 0 Å². The number of para-hydroxylation sites is 1. The van der Waals surface area contributed by atoms with Crippen LogP contribution in [0.4, 0.5) is 5.69 Å². The number of carbonyl (C=O) groups excluding carboxylic acids is 1. The maximum absolute atomic E-state index is 12.1. The van der Waals surface area contributed by atoms with Crippen LogP contribution in [0.2, 0.25) is 0 Å². The Hall–Kier alpha value is -4.07. The van der Waals surface area contributed by atoms with Crippen LogP contribution in [0.15, 0.2) is 70.0 Å². The first kappa shape index (κ1) is 20.2. The molecular formula is C23H21N3O5. The van der Waals surface area contributed by atoms with E-state index in [2.05, 4.69) is 10.3 Å². The molecule has 0 radical (unpaired) electrons. The van der Waals surface area contributed by atoms with E-state index >= 15 is 0 Å². The van der Waals surface area contributed by atoms with Crippen molar-refractivity contribution in [2.75, 3.05) is 11.9 Å². The van der Waals surface area contributed by atoms with Gasteiger partial charge in [0.05, 0.1) is 5.69 Å². The lowest BCUT2D eigenvalue weighted by molar-refractivity contribution is -0.118. The molecule has 0 saturated carbocycles. The van der Waals surface area contributed by atoms with Gasteiger partial charge in [0.25, 0.3) is 11.5 Å². The van der Waals surface area contributed by atoms with E-state index in [-0.39, 0.29) is 24.7 Å². The normalized spacial score (nSPS) is 10.8. The maximum atomic E-state index is 12.1. The maximum Gasteiger partial charge on any atom is 0.287 e. The zero-order valence-electron chi connectivity index (χ0n) is 17.1. The lowest BCUT2D eigenvalue weighted by Crippen LogP contribution is -2.20. The predicted octanol–water partition coefficient (Wildman–Crippen LogP) is 3.50. The zero-order chi connectivity index (χ0) is 21.8. The van der Waals surface area contributed by atoms with Crippen molar-refractivity contribution in [1.29, 1.82) is 0 Å². The fraction of sp³-hybridized carbons (Fsp3) is 0.174. The number of anilines is 1. The quantitative estimate of drug-likeness (QED) is 0.493. The van der Waals surface area contributed by atoms with Crippen molar-refractivity contribution < 1.29 is 18.8 Å². The second kappa shape index (κ2) is 8.74. The number of fused-ring (bicyclic) bond motifs is 1. The van der Waals surface area contributed by atoms with Gasteiger partial charge in [-0.1, -0.05) is 18.2 Å². The van der Waals surface area contributed by atoms with Gasteiger partial charge in [-0.3, -0.25) is 9.59 Å². The number of nitrogens with one attached hydrogen (secondary N) is 1. The van der Waals surface area contributed by atoms with Gasteiger partial charge in [-0.15, -0.1) is 4.57 Å². The van der Waals surface area contributed by atoms with Crippen LogP contribution in [0.5, 0.6) is 11.5 Å². The fourth-order valence-corrected chi connectivity index (χ4v) is 3.00. The zero-order valence-corrected chi connectivity index (χ0v) is 17.1. The molecule has 2 aromatic carbocycles. The molecule has 0 aliphatic heterocycles. The summed E-state index contributed by atoms with van der Waals surface area (Å²) < 4.78 is 17.7. The molecule has 0 atom stereocenters. The lowest BCUT2D eigenvalue weighted by Gasteiger charge is -2.10. The van der Waals surface area contributed by atoms with E-state index in [0.29, 0.717) is 34.3 Å². The first-order valence-electron chi connectivity index (χ1n) is 9.69. The van der Waals surface area contributed by atoms with Crippen molar-refractivity contribution in [2.24, 2.45) is 0 Å². The number of benzene rings is 2. The van der Waals surface area contributed by atoms with Gasteiger partial charge < -0.3 is 19.3 Å². The molecular weight excluding hydrogens is 398 g/mol. The highest BCUT2D eigenvalue weighted by Gasteiger charge is 2.08. The highest BCUT2D eigenvalue weighted by Crippen LogP contribution is 2.18. The summed E-state index contributed by atoms with van der Waals surface area (Å²) in [7, 11) is 0. The van der Waals surface area contributed by atoms with E-state index in [1.807, 2.05) is 31.2 Å². The Kier molecular flexibility index (Phi) is 5.70. The number of rotatable bonds is 7. The summed E-state index contributed by atoms with van der Waals surface area (Å²) in [6.07, 6.45) is 0. The van der Waals surface area contributed by atoms with Gasteiger partial charge in [-0.25, -0.2) is 4.98 Å². The summed E-state index contributed by atoms with van der Waals surface area (Å²) in [6.45, 7) is 3.72. The van der Waals surface area contributed by atoms with Gasteiger partial charge in [0.1, 0.15) is 23.9 Å². The van der Waals surface area contributed by atoms with Gasteiger partial charge in [0.2, 0.25) is 0 Å². The molecule has 31 heavy (non-hydrogen) atoms. The summed E-state index contributed by atoms with van der Waals surface area (Å²) in [5.74, 6) is 1.60. The molecule has 0 fully saturated rings. The lowest BCUT2D eigenvalue weighted by atomic mass is 10.2. The highest BCUT2D eigenvalue weighted by atomic mass is 16.5. The van der Waals surface area contributed by atoms with Crippen LogP contribution in [0, 0.1) is 13.8 Å². The minimum Gasteiger partial charge on any atom is -0.487 e. The first-order valence-corrected chi connectivity index (χ1v) is 9.69. The number of amides is 1. The number of hydrogen-bond acceptors (Lipinski definition) is 6. The predicted molar refractivity (Wildman–Crippen MR) is 115 cm³/mol. The molecule has 2 heterocycles. The SMILES string of the molecule is Cc1cc2nc(COc3ccc(NC(=O)COc4ccccc4C)cc3)cc(=O)n2o1. The molecule has 1 amide bonds. The highest BCUT2D eigenvalue weighted by molar-refractivity contribution is 5.91. The average Bonchev–Trinajstić information content (AvgIpc) is 3.13. The molecule has 4 rings (SSSR count). The van der Waals surface area contributed by atoms with E-state index in [4.69, 9.17) is 14.0 Å². The van der Waals surface area contributed by atoms with E-state index in [1.54, 1.807) is 37.3 Å². The molecule has 0 unspecified atom stereocenters. The molecule has 0 spiro atoms. The van der Waals surface area contributed by atoms with Crippen LogP contribution in [-0.2, 0) is 11.4 Å². The summed E-state index contributed by atoms with van der Waals surface area (Å²) in [6, 6.07) is 17.5. The molecule has 158 valence electrons. The monoisotopic (exact) mass is 419 g/mol. The van der Waals surface area contributed by atoms with Gasteiger partial charge in [-0.05, 0) is 49.7 Å². The van der Waals surface area contributed by atoms with E-state index in [1.165, 1.54) is 6.07 Å². The standard InChI is InChI=1S/C23H21N3O5/c1-15-5-3-4-6-20(15)30-14-22(27)25-17-7-9-19(10-8-17)29-13-18-12-23(28)26-21(24-18)11-16(2)31-26/h3-12H,13-14H2,1-2H3,(H,25,27). The van der Waals surface area contributed by atoms with Crippen molar-refractivity contribution in [3.63, 3.8) is 0 Å². The minimum atomic E-state index is -0.303. The second-order valence-corrected chi connectivity index (χ2v) is 7.00. The summed E-state index contributed by atoms with van der Waals surface area (Å²) in [5, 5.41) is 2.78. The van der Waals surface area contributed by atoms with E-state index < -0.39 is 0 Å². The van der Waals surface area contributed by atoms with Gasteiger partial charge in [0.15, 0.2) is 12.3 Å². The summed E-state index contributed by atoms with van der Waals surface area (Å²) >= 11 is 0. The van der Waals surface area contributed by atoms with Crippen LogP contribution in [0.3, 0.4) is 0 Å². The van der Waals surface area contributed by atoms with Crippen LogP contribution in [0.1, 0.15) is 17.0 Å². The molecule has 0 aliphatic rings. The van der Waals surface area contributed by atoms with Gasteiger partial charge in [0, 0.05) is 17.8 Å². The van der Waals surface area contributed by atoms with Gasteiger partial charge in [-0.2, -0.15) is 0 Å². The molecule has 8 nitrogen and oxygen atoms in total. The summed E-state index contributed by atoms with van der Waals surface area (Å²) in [4.78, 5) is 28.5. The van der Waals surface area contributed by atoms with Crippen molar-refractivity contribution >= 4 is 17.2 Å². The smallest absolute Gasteiger partial charge is 0.287 e. The Balaban J connectivity index is 1.31. The Morgan fingerprint density at radius 1 is 1.06 bits per heavy atom. The molecule has 8 heteroatoms. The van der Waals surface area contributed by atoms with Crippen LogP contribution < -0.4 is 20.3 Å². The number of nitrogens with zero attached hydrogens (tertiary/aromatic N) is 2. The molecule has 0 aliphatic carbocycles. The molecule has 0 bridgehead atoms. The van der Waals surface area contributed by atoms with Crippen molar-refractivity contribution in [3.8, 4) is 11.5 Å². The topological polar surface area (TPSA) is 95.1 Å². The Morgan fingerprint density at radius 3 is 2.61 bits per heavy atom. The van der Waals surface area contributed by atoms with Crippen molar-refractivity contribution in [3.05, 3.63) is 88.0 Å². The largest absolute Gasteiger partial charge is 0.487 e. The third-order valence-electron chi connectivity index (χ3n) is 4.50. The molecule has 0 saturated heterocycles. The van der Waals surface area contributed by atoms with E-state index in [0.717, 1.165) is 10.1 Å². The Morgan fingerprint density at radius 2 is 1.84 bits per heavy atom. The number of aromatic nitrogens is 2. The van der Waals surface area contributed by atoms with Crippen molar-refractivity contribution in [1.82, 2.24) is 9.56 Å². The Bertz CT molecular complexity index is 1270. The fourth-order valence-electron chi connectivity index (χ4n) is 3.00. The molecule has 4 aromatic rings. The number of carbonyl (C=O) groups is 1.